The van der Waals surface area contributed by atoms with Crippen molar-refractivity contribution >= 4 is 11.8 Å². The number of nitrogens with two attached hydrogens (primary N) is 1. The minimum atomic E-state index is -0.387. The number of carbonyl (C=O) groups excluding carboxylic acids is 2. The van der Waals surface area contributed by atoms with Gasteiger partial charge in [0.15, 0.2) is 5.78 Å². The summed E-state index contributed by atoms with van der Waals surface area (Å²) in [6.07, 6.45) is 3.02. The molecule has 0 spiro atoms. The third-order valence-corrected chi connectivity index (χ3v) is 5.50. The number of aryl methyl sites for hydroxylation is 1. The van der Waals surface area contributed by atoms with Crippen LogP contribution >= 0.6 is 0 Å². The summed E-state index contributed by atoms with van der Waals surface area (Å²) in [7, 11) is 0. The van der Waals surface area contributed by atoms with Gasteiger partial charge in [-0.2, -0.15) is 5.26 Å². The Hall–Kier alpha value is -2.91. The molecule has 2 aromatic rings. The average Bonchev–Trinajstić information content (AvgIpc) is 3.16. The molecule has 1 aromatic carbocycles. The normalized spacial score (nSPS) is 17.8. The Morgan fingerprint density at radius 1 is 1.34 bits per heavy atom. The second-order valence-corrected chi connectivity index (χ2v) is 8.23. The van der Waals surface area contributed by atoms with Crippen LogP contribution in [0.4, 0.5) is 0 Å². The van der Waals surface area contributed by atoms with Crippen molar-refractivity contribution in [2.75, 3.05) is 6.54 Å². The van der Waals surface area contributed by atoms with Gasteiger partial charge in [-0.1, -0.05) is 0 Å². The first-order valence-electron chi connectivity index (χ1n) is 9.93. The molecule has 1 saturated heterocycles. The zero-order valence-corrected chi connectivity index (χ0v) is 17.2. The van der Waals surface area contributed by atoms with Gasteiger partial charge in [0.1, 0.15) is 5.60 Å². The van der Waals surface area contributed by atoms with E-state index < -0.39 is 0 Å². The summed E-state index contributed by atoms with van der Waals surface area (Å²) in [6, 6.07) is 11.3. The number of hydrogen-bond donors (Lipinski definition) is 1. The number of hydrogen-bond acceptors (Lipinski definition) is 5. The first kappa shape index (κ1) is 20.8. The van der Waals surface area contributed by atoms with E-state index in [-0.39, 0.29) is 29.8 Å². The van der Waals surface area contributed by atoms with Crippen LogP contribution < -0.4 is 5.73 Å². The Labute approximate surface area is 171 Å². The molecule has 1 aliphatic rings. The van der Waals surface area contributed by atoms with Crippen molar-refractivity contribution in [1.82, 2.24) is 4.57 Å². The van der Waals surface area contributed by atoms with Gasteiger partial charge in [-0.3, -0.25) is 9.59 Å². The Balaban J connectivity index is 1.84. The Bertz CT molecular complexity index is 964. The maximum Gasteiger partial charge on any atom is 0.309 e. The smallest absolute Gasteiger partial charge is 0.309 e. The van der Waals surface area contributed by atoms with Gasteiger partial charge in [-0.05, 0) is 76.8 Å². The van der Waals surface area contributed by atoms with E-state index in [0.717, 1.165) is 42.8 Å². The topological polar surface area (TPSA) is 98.1 Å². The molecule has 1 atom stereocenters. The molecule has 6 heteroatoms. The number of nitrogens with zero attached hydrogens (tertiary/aromatic N) is 2. The van der Waals surface area contributed by atoms with E-state index in [0.29, 0.717) is 11.1 Å². The van der Waals surface area contributed by atoms with Crippen LogP contribution in [0.5, 0.6) is 0 Å². The van der Waals surface area contributed by atoms with Gasteiger partial charge in [0.05, 0.1) is 24.1 Å². The lowest BCUT2D eigenvalue weighted by Crippen LogP contribution is -2.17. The van der Waals surface area contributed by atoms with Crippen LogP contribution in [0.1, 0.15) is 60.4 Å². The first-order valence-corrected chi connectivity index (χ1v) is 9.93. The molecule has 1 unspecified atom stereocenters. The lowest BCUT2D eigenvalue weighted by molar-refractivity contribution is -0.148. The van der Waals surface area contributed by atoms with Crippen LogP contribution in [0.15, 0.2) is 30.3 Å². The standard InChI is InChI=1S/C23H27N3O3/c1-15-20(21(27)14-25)11-19(26(15)18-9-7-16(13-24)8-10-18)6-4-5-17-12-23(2,3)29-22(17)28/h7-11,17H,4-6,12,14,25H2,1-3H3. The van der Waals surface area contributed by atoms with Gasteiger partial charge in [0.2, 0.25) is 0 Å². The molecule has 152 valence electrons. The van der Waals surface area contributed by atoms with Gasteiger partial charge in [0, 0.05) is 22.6 Å². The lowest BCUT2D eigenvalue weighted by Gasteiger charge is -2.14. The van der Waals surface area contributed by atoms with Crippen molar-refractivity contribution in [3.8, 4) is 11.8 Å². The number of carbonyl (C=O) groups is 2. The monoisotopic (exact) mass is 393 g/mol. The number of ether oxygens (including phenoxy) is 1. The average molecular weight is 393 g/mol. The number of benzene rings is 1. The minimum Gasteiger partial charge on any atom is -0.459 e. The van der Waals surface area contributed by atoms with Crippen molar-refractivity contribution in [1.29, 1.82) is 5.26 Å². The number of nitriles is 1. The molecule has 2 heterocycles. The largest absolute Gasteiger partial charge is 0.459 e. The maximum atomic E-state index is 12.3. The molecule has 0 aliphatic carbocycles. The molecule has 0 amide bonds. The van der Waals surface area contributed by atoms with Gasteiger partial charge in [-0.25, -0.2) is 0 Å². The molecule has 29 heavy (non-hydrogen) atoms. The molecule has 3 rings (SSSR count). The van der Waals surface area contributed by atoms with E-state index in [4.69, 9.17) is 15.7 Å². The summed E-state index contributed by atoms with van der Waals surface area (Å²) in [4.78, 5) is 24.3. The van der Waals surface area contributed by atoms with Crippen LogP contribution in [-0.4, -0.2) is 28.5 Å². The molecule has 0 saturated carbocycles. The minimum absolute atomic E-state index is 0.0410. The predicted octanol–water partition coefficient (Wildman–Crippen LogP) is 3.46. The third kappa shape index (κ3) is 4.41. The molecule has 1 aliphatic heterocycles. The van der Waals surface area contributed by atoms with E-state index in [2.05, 4.69) is 6.07 Å². The lowest BCUT2D eigenvalue weighted by atomic mass is 9.93. The summed E-state index contributed by atoms with van der Waals surface area (Å²) in [6.45, 7) is 5.74. The summed E-state index contributed by atoms with van der Waals surface area (Å²) < 4.78 is 7.46. The number of rotatable bonds is 7. The first-order chi connectivity index (χ1) is 13.8. The van der Waals surface area contributed by atoms with Crippen molar-refractivity contribution in [3.05, 3.63) is 52.8 Å². The molecule has 0 bridgehead atoms. The Morgan fingerprint density at radius 3 is 2.59 bits per heavy atom. The summed E-state index contributed by atoms with van der Waals surface area (Å²) in [5, 5.41) is 9.04. The zero-order chi connectivity index (χ0) is 21.2. The van der Waals surface area contributed by atoms with Gasteiger partial charge < -0.3 is 15.0 Å². The fraction of sp³-hybridized carbons (Fsp3) is 0.435. The maximum absolute atomic E-state index is 12.3. The predicted molar refractivity (Wildman–Crippen MR) is 110 cm³/mol. The fourth-order valence-electron chi connectivity index (χ4n) is 4.12. The highest BCUT2D eigenvalue weighted by Crippen LogP contribution is 2.33. The van der Waals surface area contributed by atoms with Gasteiger partial charge in [0.25, 0.3) is 0 Å². The summed E-state index contributed by atoms with van der Waals surface area (Å²) >= 11 is 0. The Kier molecular flexibility index (Phi) is 5.90. The fourth-order valence-corrected chi connectivity index (χ4v) is 4.12. The van der Waals surface area contributed by atoms with Gasteiger partial charge >= 0.3 is 5.97 Å². The molecular weight excluding hydrogens is 366 g/mol. The van der Waals surface area contributed by atoms with Crippen LogP contribution in [0.25, 0.3) is 5.69 Å². The van der Waals surface area contributed by atoms with Gasteiger partial charge in [-0.15, -0.1) is 0 Å². The number of esters is 1. The van der Waals surface area contributed by atoms with Crippen molar-refractivity contribution in [3.63, 3.8) is 0 Å². The molecule has 1 aromatic heterocycles. The number of cyclic esters (lactones) is 1. The zero-order valence-electron chi connectivity index (χ0n) is 17.2. The third-order valence-electron chi connectivity index (χ3n) is 5.50. The van der Waals surface area contributed by atoms with Crippen molar-refractivity contribution in [2.45, 2.75) is 52.1 Å². The van der Waals surface area contributed by atoms with E-state index in [1.807, 2.05) is 43.5 Å². The number of aromatic nitrogens is 1. The summed E-state index contributed by atoms with van der Waals surface area (Å²) in [5.74, 6) is -0.292. The number of ketones is 1. The van der Waals surface area contributed by atoms with Crippen molar-refractivity contribution < 1.29 is 14.3 Å². The van der Waals surface area contributed by atoms with E-state index in [1.54, 1.807) is 12.1 Å². The van der Waals surface area contributed by atoms with Crippen LogP contribution in [0.3, 0.4) is 0 Å². The molecular formula is C23H27N3O3. The number of Topliss-reactive ketones (excluding diaryl/α,β-unsaturated/α-hetero) is 1. The molecule has 0 radical (unpaired) electrons. The van der Waals surface area contributed by atoms with Crippen LogP contribution in [0, 0.1) is 24.2 Å². The van der Waals surface area contributed by atoms with E-state index in [1.165, 1.54) is 0 Å². The van der Waals surface area contributed by atoms with Crippen LogP contribution in [-0.2, 0) is 16.0 Å². The SMILES string of the molecule is Cc1c(C(=O)CN)cc(CCCC2CC(C)(C)OC2=O)n1-c1ccc(C#N)cc1. The second-order valence-electron chi connectivity index (χ2n) is 8.23. The highest BCUT2D eigenvalue weighted by atomic mass is 16.6. The summed E-state index contributed by atoms with van der Waals surface area (Å²) in [5.41, 5.74) is 9.13. The molecule has 2 N–H and O–H groups in total. The second kappa shape index (κ2) is 8.22. The van der Waals surface area contributed by atoms with E-state index >= 15 is 0 Å². The van der Waals surface area contributed by atoms with Crippen LogP contribution in [0.2, 0.25) is 0 Å². The quantitative estimate of drug-likeness (QED) is 0.574. The molecule has 6 nitrogen and oxygen atoms in total. The Morgan fingerprint density at radius 2 is 2.03 bits per heavy atom. The van der Waals surface area contributed by atoms with Crippen molar-refractivity contribution in [2.24, 2.45) is 11.7 Å². The van der Waals surface area contributed by atoms with E-state index in [9.17, 15) is 9.59 Å². The highest BCUT2D eigenvalue weighted by Gasteiger charge is 2.39. The highest BCUT2D eigenvalue weighted by molar-refractivity contribution is 5.99. The molecule has 1 fully saturated rings.